The van der Waals surface area contributed by atoms with Crippen LogP contribution in [0.25, 0.3) is 0 Å². The summed E-state index contributed by atoms with van der Waals surface area (Å²) >= 11 is 5.52. The highest BCUT2D eigenvalue weighted by atomic mass is 35.5. The summed E-state index contributed by atoms with van der Waals surface area (Å²) in [6.07, 6.45) is 0. The molecular formula is C12H8ClF. The van der Waals surface area contributed by atoms with Gasteiger partial charge < -0.3 is 0 Å². The Labute approximate surface area is 88.0 Å². The summed E-state index contributed by atoms with van der Waals surface area (Å²) in [5.41, 5.74) is 0. The lowest BCUT2D eigenvalue weighted by atomic mass is 10.4. The largest absolute Gasteiger partial charge is 0.207 e. The molecule has 0 heterocycles. The first-order valence-corrected chi connectivity index (χ1v) is 4.40. The van der Waals surface area contributed by atoms with Crippen molar-refractivity contribution in [1.82, 2.24) is 0 Å². The zero-order valence-corrected chi connectivity index (χ0v) is 8.13. The number of rotatable bonds is 0. The molecule has 0 unspecified atom stereocenters. The van der Waals surface area contributed by atoms with Gasteiger partial charge in [-0.25, -0.2) is 4.39 Å². The van der Waals surface area contributed by atoms with Gasteiger partial charge in [-0.2, -0.15) is 0 Å². The van der Waals surface area contributed by atoms with Crippen LogP contribution in [0.3, 0.4) is 0 Å². The van der Waals surface area contributed by atoms with E-state index in [1.807, 2.05) is 0 Å². The van der Waals surface area contributed by atoms with Gasteiger partial charge in [0.15, 0.2) is 0 Å². The first-order chi connectivity index (χ1) is 6.79. The van der Waals surface area contributed by atoms with Gasteiger partial charge in [-0.05, 0) is 36.4 Å². The molecule has 0 N–H and O–H groups in total. The van der Waals surface area contributed by atoms with Crippen molar-refractivity contribution in [3.63, 3.8) is 0 Å². The van der Waals surface area contributed by atoms with Crippen molar-refractivity contribution in [3.05, 3.63) is 71.5 Å². The normalized spacial score (nSPS) is 8.71. The molecule has 0 aliphatic heterocycles. The Bertz CT molecular complexity index is 308. The Balaban J connectivity index is 0.000000140. The van der Waals surface area contributed by atoms with Crippen LogP contribution < -0.4 is 0 Å². The third-order valence-corrected chi connectivity index (χ3v) is 1.61. The van der Waals surface area contributed by atoms with Gasteiger partial charge in [0.05, 0.1) is 0 Å². The summed E-state index contributed by atoms with van der Waals surface area (Å²) in [5.74, 6) is -0.209. The lowest BCUT2D eigenvalue weighted by Crippen LogP contribution is -1.64. The summed E-state index contributed by atoms with van der Waals surface area (Å²) in [4.78, 5) is 0. The van der Waals surface area contributed by atoms with Gasteiger partial charge in [-0.3, -0.25) is 0 Å². The summed E-state index contributed by atoms with van der Waals surface area (Å²) in [6.45, 7) is 0. The predicted molar refractivity (Wildman–Crippen MR) is 55.5 cm³/mol. The van der Waals surface area contributed by atoms with E-state index in [0.717, 1.165) is 5.02 Å². The number of hydrogen-bond donors (Lipinski definition) is 0. The van der Waals surface area contributed by atoms with Gasteiger partial charge in [0, 0.05) is 5.02 Å². The van der Waals surface area contributed by atoms with Crippen molar-refractivity contribution in [2.24, 2.45) is 0 Å². The number of halogens is 2. The van der Waals surface area contributed by atoms with Gasteiger partial charge in [0.1, 0.15) is 5.82 Å². The maximum atomic E-state index is 11.9. The second-order valence-corrected chi connectivity index (χ2v) is 2.87. The molecular weight excluding hydrogens is 199 g/mol. The van der Waals surface area contributed by atoms with Crippen molar-refractivity contribution >= 4 is 11.6 Å². The average molecular weight is 207 g/mol. The van der Waals surface area contributed by atoms with Crippen LogP contribution in [0.1, 0.15) is 0 Å². The Hall–Kier alpha value is -1.34. The minimum atomic E-state index is -0.209. The minimum Gasteiger partial charge on any atom is -0.207 e. The predicted octanol–water partition coefficient (Wildman–Crippen LogP) is 3.77. The summed E-state index contributed by atoms with van der Waals surface area (Å²) in [7, 11) is 0. The van der Waals surface area contributed by atoms with E-state index in [9.17, 15) is 4.39 Å². The molecule has 0 aromatic heterocycles. The van der Waals surface area contributed by atoms with Crippen LogP contribution >= 0.6 is 11.6 Å². The van der Waals surface area contributed by atoms with E-state index in [0.29, 0.717) is 0 Å². The minimum absolute atomic E-state index is 0.209. The second-order valence-electron chi connectivity index (χ2n) is 2.44. The monoisotopic (exact) mass is 206 g/mol. The molecule has 0 spiro atoms. The first kappa shape index (κ1) is 10.7. The molecule has 2 heteroatoms. The molecule has 0 aliphatic carbocycles. The van der Waals surface area contributed by atoms with Crippen molar-refractivity contribution in [3.8, 4) is 0 Å². The molecule has 70 valence electrons. The molecule has 0 saturated heterocycles. The van der Waals surface area contributed by atoms with E-state index in [1.165, 1.54) is 24.3 Å². The van der Waals surface area contributed by atoms with Crippen LogP contribution in [0.5, 0.6) is 0 Å². The van der Waals surface area contributed by atoms with Crippen molar-refractivity contribution in [1.29, 1.82) is 0 Å². The molecule has 0 atom stereocenters. The lowest BCUT2D eigenvalue weighted by Gasteiger charge is -1.79. The van der Waals surface area contributed by atoms with Crippen molar-refractivity contribution in [2.75, 3.05) is 0 Å². The Kier molecular flexibility index (Phi) is 4.73. The molecule has 2 aromatic carbocycles. The summed E-state index contributed by atoms with van der Waals surface area (Å²) in [5, 5.41) is 0.763. The van der Waals surface area contributed by atoms with Gasteiger partial charge in [0.2, 0.25) is 0 Å². The topological polar surface area (TPSA) is 0 Å². The Morgan fingerprint density at radius 3 is 1.50 bits per heavy atom. The molecule has 0 saturated carbocycles. The van der Waals surface area contributed by atoms with Gasteiger partial charge in [-0.15, -0.1) is 0 Å². The number of hydrogen-bond acceptors (Lipinski definition) is 0. The SMILES string of the molecule is Clc1cc[c]cc1.Fc1cc[c]cc1. The van der Waals surface area contributed by atoms with Crippen LogP contribution in [0, 0.1) is 17.9 Å². The van der Waals surface area contributed by atoms with Crippen LogP contribution in [-0.2, 0) is 0 Å². The van der Waals surface area contributed by atoms with Crippen LogP contribution in [0.4, 0.5) is 4.39 Å². The van der Waals surface area contributed by atoms with E-state index >= 15 is 0 Å². The third-order valence-electron chi connectivity index (χ3n) is 1.36. The third kappa shape index (κ3) is 4.63. The van der Waals surface area contributed by atoms with Crippen LogP contribution in [-0.4, -0.2) is 0 Å². The molecule has 0 amide bonds. The standard InChI is InChI=1S/C6H4Cl.C6H4F/c2*7-6-4-2-1-3-5-6/h2*2-5H. The van der Waals surface area contributed by atoms with E-state index in [-0.39, 0.29) is 5.82 Å². The van der Waals surface area contributed by atoms with E-state index in [4.69, 9.17) is 11.6 Å². The molecule has 2 aromatic rings. The average Bonchev–Trinajstić information content (AvgIpc) is 2.21. The molecule has 2 radical (unpaired) electrons. The summed E-state index contributed by atoms with van der Waals surface area (Å²) in [6, 6.07) is 18.5. The number of benzene rings is 2. The second kappa shape index (κ2) is 6.17. The fourth-order valence-electron chi connectivity index (χ4n) is 0.733. The highest BCUT2D eigenvalue weighted by molar-refractivity contribution is 6.30. The smallest absolute Gasteiger partial charge is 0.123 e. The molecule has 0 bridgehead atoms. The zero-order chi connectivity index (χ0) is 10.2. The van der Waals surface area contributed by atoms with Crippen molar-refractivity contribution in [2.45, 2.75) is 0 Å². The highest BCUT2D eigenvalue weighted by Gasteiger charge is 1.77. The fraction of sp³-hybridized carbons (Fsp3) is 0. The van der Waals surface area contributed by atoms with Crippen LogP contribution in [0.2, 0.25) is 5.02 Å². The van der Waals surface area contributed by atoms with Crippen molar-refractivity contribution < 1.29 is 4.39 Å². The maximum absolute atomic E-state index is 11.9. The summed E-state index contributed by atoms with van der Waals surface area (Å²) < 4.78 is 11.9. The lowest BCUT2D eigenvalue weighted by molar-refractivity contribution is 0.628. The molecule has 14 heavy (non-hydrogen) atoms. The quantitative estimate of drug-likeness (QED) is 0.616. The fourth-order valence-corrected chi connectivity index (χ4v) is 0.859. The molecule has 0 fully saturated rings. The van der Waals surface area contributed by atoms with Gasteiger partial charge in [-0.1, -0.05) is 35.9 Å². The van der Waals surface area contributed by atoms with Gasteiger partial charge in [0.25, 0.3) is 0 Å². The Morgan fingerprint density at radius 2 is 1.29 bits per heavy atom. The van der Waals surface area contributed by atoms with Crippen LogP contribution in [0.15, 0.2) is 48.5 Å². The highest BCUT2D eigenvalue weighted by Crippen LogP contribution is 2.03. The molecule has 2 rings (SSSR count). The maximum Gasteiger partial charge on any atom is 0.123 e. The Morgan fingerprint density at radius 1 is 0.857 bits per heavy atom. The van der Waals surface area contributed by atoms with E-state index in [1.54, 1.807) is 24.3 Å². The van der Waals surface area contributed by atoms with E-state index < -0.39 is 0 Å². The molecule has 0 nitrogen and oxygen atoms in total. The zero-order valence-electron chi connectivity index (χ0n) is 7.37. The first-order valence-electron chi connectivity index (χ1n) is 4.02. The van der Waals surface area contributed by atoms with E-state index in [2.05, 4.69) is 12.1 Å². The van der Waals surface area contributed by atoms with Gasteiger partial charge >= 0.3 is 0 Å². The molecule has 0 aliphatic rings.